The molecule has 1 aromatic carbocycles. The van der Waals surface area contributed by atoms with Gasteiger partial charge in [0.05, 0.1) is 24.7 Å². The molecule has 0 aliphatic rings. The molecule has 2 rings (SSSR count). The number of ether oxygens (including phenoxy) is 1. The van der Waals surface area contributed by atoms with Crippen LogP contribution >= 0.6 is 0 Å². The smallest absolute Gasteiger partial charge is 0.128 e. The summed E-state index contributed by atoms with van der Waals surface area (Å²) in [5, 5.41) is 0. The number of benzene rings is 1. The van der Waals surface area contributed by atoms with E-state index in [0.29, 0.717) is 12.3 Å². The van der Waals surface area contributed by atoms with E-state index in [9.17, 15) is 0 Å². The zero-order chi connectivity index (χ0) is 12.8. The van der Waals surface area contributed by atoms with Crippen LogP contribution in [0.5, 0.6) is 5.75 Å². The Balaban J connectivity index is 2.03. The minimum atomic E-state index is 0.591. The summed E-state index contributed by atoms with van der Waals surface area (Å²) in [5.41, 5.74) is 7.32. The number of nitrogens with two attached hydrogens (primary N) is 1. The van der Waals surface area contributed by atoms with Crippen LogP contribution in [0, 0.1) is 0 Å². The van der Waals surface area contributed by atoms with Crippen LogP contribution in [0.1, 0.15) is 18.3 Å². The Labute approximate surface area is 107 Å². The van der Waals surface area contributed by atoms with Gasteiger partial charge in [0.15, 0.2) is 0 Å². The summed E-state index contributed by atoms with van der Waals surface area (Å²) in [7, 11) is 0. The second kappa shape index (κ2) is 6.00. The third-order valence-electron chi connectivity index (χ3n) is 2.62. The molecule has 4 nitrogen and oxygen atoms in total. The molecule has 0 radical (unpaired) electrons. The van der Waals surface area contributed by atoms with E-state index in [1.165, 1.54) is 5.56 Å². The van der Waals surface area contributed by atoms with Crippen molar-refractivity contribution in [3.8, 4) is 5.75 Å². The third-order valence-corrected chi connectivity index (χ3v) is 2.62. The average Bonchev–Trinajstić information content (AvgIpc) is 2.40. The van der Waals surface area contributed by atoms with Gasteiger partial charge in [-0.1, -0.05) is 18.2 Å². The van der Waals surface area contributed by atoms with Crippen LogP contribution in [-0.4, -0.2) is 16.6 Å². The van der Waals surface area contributed by atoms with E-state index in [-0.39, 0.29) is 0 Å². The van der Waals surface area contributed by atoms with Crippen molar-refractivity contribution in [2.24, 2.45) is 0 Å². The van der Waals surface area contributed by atoms with E-state index in [0.717, 1.165) is 24.4 Å². The lowest BCUT2D eigenvalue weighted by atomic mass is 10.1. The van der Waals surface area contributed by atoms with Crippen molar-refractivity contribution in [3.63, 3.8) is 0 Å². The van der Waals surface area contributed by atoms with Crippen molar-refractivity contribution in [2.75, 3.05) is 12.3 Å². The fourth-order valence-electron chi connectivity index (χ4n) is 1.75. The maximum absolute atomic E-state index is 5.58. The van der Waals surface area contributed by atoms with Gasteiger partial charge in [0, 0.05) is 6.42 Å². The van der Waals surface area contributed by atoms with Gasteiger partial charge in [-0.2, -0.15) is 0 Å². The summed E-state index contributed by atoms with van der Waals surface area (Å²) in [4.78, 5) is 8.38. The number of hydrogen-bond donors (Lipinski definition) is 1. The lowest BCUT2D eigenvalue weighted by Gasteiger charge is -2.09. The lowest BCUT2D eigenvalue weighted by molar-refractivity contribution is 0.336. The standard InChI is InChI=1S/C14H17N3O/c1-2-18-13-6-4-3-5-11(13)7-8-14-16-9-12(15)10-17-14/h3-6,9-10H,2,7-8,15H2,1H3. The number of nitrogen functional groups attached to an aromatic ring is 1. The topological polar surface area (TPSA) is 61.0 Å². The Hall–Kier alpha value is -2.10. The molecule has 0 unspecified atom stereocenters. The number of rotatable bonds is 5. The number of aryl methyl sites for hydroxylation is 2. The molecular weight excluding hydrogens is 226 g/mol. The van der Waals surface area contributed by atoms with Gasteiger partial charge in [0.25, 0.3) is 0 Å². The largest absolute Gasteiger partial charge is 0.494 e. The minimum Gasteiger partial charge on any atom is -0.494 e. The second-order valence-corrected chi connectivity index (χ2v) is 3.97. The van der Waals surface area contributed by atoms with E-state index < -0.39 is 0 Å². The van der Waals surface area contributed by atoms with E-state index in [2.05, 4.69) is 16.0 Å². The van der Waals surface area contributed by atoms with Gasteiger partial charge in [-0.3, -0.25) is 0 Å². The maximum atomic E-state index is 5.58. The van der Waals surface area contributed by atoms with Crippen molar-refractivity contribution in [3.05, 3.63) is 48.0 Å². The highest BCUT2D eigenvalue weighted by Crippen LogP contribution is 2.19. The number of nitrogens with zero attached hydrogens (tertiary/aromatic N) is 2. The first-order chi connectivity index (χ1) is 8.79. The summed E-state index contributed by atoms with van der Waals surface area (Å²) in [5.74, 6) is 1.74. The van der Waals surface area contributed by atoms with E-state index in [1.807, 2.05) is 25.1 Å². The van der Waals surface area contributed by atoms with Crippen molar-refractivity contribution in [2.45, 2.75) is 19.8 Å². The predicted octanol–water partition coefficient (Wildman–Crippen LogP) is 2.24. The molecule has 2 aromatic rings. The Morgan fingerprint density at radius 3 is 2.56 bits per heavy atom. The molecule has 0 atom stereocenters. The Morgan fingerprint density at radius 1 is 1.11 bits per heavy atom. The summed E-state index contributed by atoms with van der Waals surface area (Å²) >= 11 is 0. The van der Waals surface area contributed by atoms with Crippen LogP contribution in [-0.2, 0) is 12.8 Å². The highest BCUT2D eigenvalue weighted by molar-refractivity contribution is 5.34. The Kier molecular flexibility index (Phi) is 4.12. The molecule has 0 saturated carbocycles. The number of para-hydroxylation sites is 1. The van der Waals surface area contributed by atoms with Gasteiger partial charge < -0.3 is 10.5 Å². The molecule has 1 heterocycles. The number of hydrogen-bond acceptors (Lipinski definition) is 4. The number of anilines is 1. The van der Waals surface area contributed by atoms with E-state index in [4.69, 9.17) is 10.5 Å². The third kappa shape index (κ3) is 3.20. The number of aromatic nitrogens is 2. The van der Waals surface area contributed by atoms with Crippen molar-refractivity contribution < 1.29 is 4.74 Å². The highest BCUT2D eigenvalue weighted by atomic mass is 16.5. The van der Waals surface area contributed by atoms with Crippen molar-refractivity contribution in [1.82, 2.24) is 9.97 Å². The van der Waals surface area contributed by atoms with Gasteiger partial charge in [-0.05, 0) is 25.0 Å². The molecule has 18 heavy (non-hydrogen) atoms. The highest BCUT2D eigenvalue weighted by Gasteiger charge is 2.04. The summed E-state index contributed by atoms with van der Waals surface area (Å²) in [6.07, 6.45) is 4.91. The molecule has 1 aromatic heterocycles. The summed E-state index contributed by atoms with van der Waals surface area (Å²) in [6, 6.07) is 8.06. The van der Waals surface area contributed by atoms with Gasteiger partial charge >= 0.3 is 0 Å². The fourth-order valence-corrected chi connectivity index (χ4v) is 1.75. The Bertz CT molecular complexity index is 497. The maximum Gasteiger partial charge on any atom is 0.128 e. The lowest BCUT2D eigenvalue weighted by Crippen LogP contribution is -2.01. The van der Waals surface area contributed by atoms with Crippen LogP contribution in [0.3, 0.4) is 0 Å². The van der Waals surface area contributed by atoms with Crippen LogP contribution in [0.15, 0.2) is 36.7 Å². The van der Waals surface area contributed by atoms with Gasteiger partial charge in [-0.15, -0.1) is 0 Å². The van der Waals surface area contributed by atoms with E-state index in [1.54, 1.807) is 12.4 Å². The monoisotopic (exact) mass is 243 g/mol. The molecule has 4 heteroatoms. The first-order valence-electron chi connectivity index (χ1n) is 6.06. The van der Waals surface area contributed by atoms with Crippen molar-refractivity contribution in [1.29, 1.82) is 0 Å². The molecule has 0 bridgehead atoms. The molecule has 0 spiro atoms. The molecule has 0 aliphatic carbocycles. The molecule has 94 valence electrons. The molecule has 2 N–H and O–H groups in total. The first kappa shape index (κ1) is 12.4. The summed E-state index contributed by atoms with van der Waals surface area (Å²) < 4.78 is 5.58. The molecule has 0 saturated heterocycles. The Morgan fingerprint density at radius 2 is 1.83 bits per heavy atom. The quantitative estimate of drug-likeness (QED) is 0.874. The van der Waals surface area contributed by atoms with Crippen molar-refractivity contribution >= 4 is 5.69 Å². The van der Waals surface area contributed by atoms with Crippen LogP contribution in [0.4, 0.5) is 5.69 Å². The molecule has 0 aliphatic heterocycles. The van der Waals surface area contributed by atoms with Gasteiger partial charge in [0.1, 0.15) is 11.6 Å². The zero-order valence-electron chi connectivity index (χ0n) is 10.5. The van der Waals surface area contributed by atoms with Crippen LogP contribution < -0.4 is 10.5 Å². The fraction of sp³-hybridized carbons (Fsp3) is 0.286. The van der Waals surface area contributed by atoms with Gasteiger partial charge in [-0.25, -0.2) is 9.97 Å². The SMILES string of the molecule is CCOc1ccccc1CCc1ncc(N)cn1. The van der Waals surface area contributed by atoms with Crippen LogP contribution in [0.25, 0.3) is 0 Å². The van der Waals surface area contributed by atoms with Crippen LogP contribution in [0.2, 0.25) is 0 Å². The minimum absolute atomic E-state index is 0.591. The average molecular weight is 243 g/mol. The first-order valence-corrected chi connectivity index (χ1v) is 6.06. The van der Waals surface area contributed by atoms with Gasteiger partial charge in [0.2, 0.25) is 0 Å². The normalized spacial score (nSPS) is 10.3. The zero-order valence-corrected chi connectivity index (χ0v) is 10.5. The van der Waals surface area contributed by atoms with E-state index >= 15 is 0 Å². The molecule has 0 amide bonds. The second-order valence-electron chi connectivity index (χ2n) is 3.97. The predicted molar refractivity (Wildman–Crippen MR) is 71.5 cm³/mol. The molecular formula is C14H17N3O. The summed E-state index contributed by atoms with van der Waals surface area (Å²) in [6.45, 7) is 2.66. The molecule has 0 fully saturated rings.